The molecule has 2 aromatic carbocycles. The number of aliphatic hydroxyl groups is 1. The van der Waals surface area contributed by atoms with Crippen LogP contribution in [0, 0.1) is 5.92 Å². The zero-order chi connectivity index (χ0) is 17.4. The van der Waals surface area contributed by atoms with Crippen LogP contribution in [0.5, 0.6) is 0 Å². The zero-order valence-corrected chi connectivity index (χ0v) is 14.2. The van der Waals surface area contributed by atoms with Crippen molar-refractivity contribution < 1.29 is 14.6 Å². The molecule has 4 heteroatoms. The predicted molar refractivity (Wildman–Crippen MR) is 94.5 cm³/mol. The fourth-order valence-corrected chi connectivity index (χ4v) is 2.47. The first-order chi connectivity index (χ1) is 11.5. The molecule has 24 heavy (non-hydrogen) atoms. The highest BCUT2D eigenvalue weighted by Gasteiger charge is 2.39. The number of nitrogens with one attached hydrogen (secondary N) is 1. The van der Waals surface area contributed by atoms with Crippen LogP contribution in [0.15, 0.2) is 60.7 Å². The Hall–Kier alpha value is -2.17. The average Bonchev–Trinajstić information content (AvgIpc) is 2.61. The maximum atomic E-state index is 12.7. The van der Waals surface area contributed by atoms with Gasteiger partial charge in [0.2, 0.25) is 0 Å². The third-order valence-corrected chi connectivity index (χ3v) is 3.69. The molecule has 2 N–H and O–H groups in total. The van der Waals surface area contributed by atoms with Crippen molar-refractivity contribution in [1.82, 2.24) is 5.32 Å². The molecule has 0 aromatic heterocycles. The van der Waals surface area contributed by atoms with E-state index in [2.05, 4.69) is 19.2 Å². The van der Waals surface area contributed by atoms with Gasteiger partial charge in [-0.15, -0.1) is 0 Å². The van der Waals surface area contributed by atoms with Crippen LogP contribution in [0.1, 0.15) is 25.0 Å². The van der Waals surface area contributed by atoms with Gasteiger partial charge in [-0.1, -0.05) is 74.5 Å². The quantitative estimate of drug-likeness (QED) is 0.733. The Morgan fingerprint density at radius 3 is 2.00 bits per heavy atom. The lowest BCUT2D eigenvalue weighted by Gasteiger charge is -2.28. The standard InChI is InChI=1S/C20H25NO3/c1-16(2)15-24-14-13-21-19(22)20(23,17-9-5-3-6-10-17)18-11-7-4-8-12-18/h3-12,16,23H,13-15H2,1-2H3,(H,21,22). The second kappa shape index (κ2) is 8.62. The molecule has 0 saturated heterocycles. The number of rotatable bonds is 8. The lowest BCUT2D eigenvalue weighted by atomic mass is 9.85. The van der Waals surface area contributed by atoms with E-state index >= 15 is 0 Å². The smallest absolute Gasteiger partial charge is 0.261 e. The van der Waals surface area contributed by atoms with Gasteiger partial charge in [0.15, 0.2) is 5.60 Å². The Balaban J connectivity index is 2.14. The van der Waals surface area contributed by atoms with Gasteiger partial charge >= 0.3 is 0 Å². The van der Waals surface area contributed by atoms with Crippen LogP contribution in [0.25, 0.3) is 0 Å². The minimum atomic E-state index is -1.72. The molecule has 0 fully saturated rings. The molecule has 0 unspecified atom stereocenters. The monoisotopic (exact) mass is 327 g/mol. The number of carbonyl (C=O) groups is 1. The summed E-state index contributed by atoms with van der Waals surface area (Å²) in [4.78, 5) is 12.7. The molecule has 0 aliphatic carbocycles. The van der Waals surface area contributed by atoms with E-state index in [1.807, 2.05) is 36.4 Å². The lowest BCUT2D eigenvalue weighted by Crippen LogP contribution is -2.46. The van der Waals surface area contributed by atoms with Crippen LogP contribution in [0.4, 0.5) is 0 Å². The average molecular weight is 327 g/mol. The predicted octanol–water partition coefficient (Wildman–Crippen LogP) is 2.71. The Labute approximate surface area is 143 Å². The molecular formula is C20H25NO3. The number of ether oxygens (including phenoxy) is 1. The summed E-state index contributed by atoms with van der Waals surface area (Å²) in [6.07, 6.45) is 0. The minimum Gasteiger partial charge on any atom is -0.379 e. The normalized spacial score (nSPS) is 11.5. The van der Waals surface area contributed by atoms with E-state index in [-0.39, 0.29) is 0 Å². The van der Waals surface area contributed by atoms with E-state index in [0.29, 0.717) is 36.8 Å². The SMILES string of the molecule is CC(C)COCCNC(=O)C(O)(c1ccccc1)c1ccccc1. The first kappa shape index (κ1) is 18.2. The zero-order valence-electron chi connectivity index (χ0n) is 14.2. The highest BCUT2D eigenvalue weighted by atomic mass is 16.5. The lowest BCUT2D eigenvalue weighted by molar-refractivity contribution is -0.136. The van der Waals surface area contributed by atoms with Gasteiger partial charge in [0.25, 0.3) is 5.91 Å². The third-order valence-electron chi connectivity index (χ3n) is 3.69. The van der Waals surface area contributed by atoms with Crippen LogP contribution in [-0.2, 0) is 15.1 Å². The highest BCUT2D eigenvalue weighted by molar-refractivity contribution is 5.90. The molecule has 1 amide bonds. The van der Waals surface area contributed by atoms with Gasteiger partial charge in [-0.3, -0.25) is 4.79 Å². The summed E-state index contributed by atoms with van der Waals surface area (Å²) >= 11 is 0. The van der Waals surface area contributed by atoms with E-state index in [9.17, 15) is 9.90 Å². The Morgan fingerprint density at radius 2 is 1.54 bits per heavy atom. The summed E-state index contributed by atoms with van der Waals surface area (Å²) in [6, 6.07) is 17.9. The maximum absolute atomic E-state index is 12.7. The van der Waals surface area contributed by atoms with Crippen molar-refractivity contribution in [3.05, 3.63) is 71.8 Å². The fourth-order valence-electron chi connectivity index (χ4n) is 2.47. The molecule has 0 aliphatic heterocycles. The molecule has 0 aliphatic rings. The van der Waals surface area contributed by atoms with E-state index in [4.69, 9.17) is 4.74 Å². The molecule has 0 radical (unpaired) electrons. The van der Waals surface area contributed by atoms with Crippen LogP contribution < -0.4 is 5.32 Å². The second-order valence-electron chi connectivity index (χ2n) is 6.17. The summed E-state index contributed by atoms with van der Waals surface area (Å²) in [7, 11) is 0. The number of carbonyl (C=O) groups excluding carboxylic acids is 1. The number of hydrogen-bond donors (Lipinski definition) is 2. The van der Waals surface area contributed by atoms with Gasteiger partial charge in [-0.2, -0.15) is 0 Å². The van der Waals surface area contributed by atoms with Gasteiger partial charge in [-0.05, 0) is 17.0 Å². The summed E-state index contributed by atoms with van der Waals surface area (Å²) in [5.74, 6) is -0.000631. The van der Waals surface area contributed by atoms with E-state index in [1.165, 1.54) is 0 Å². The van der Waals surface area contributed by atoms with Crippen LogP contribution >= 0.6 is 0 Å². The second-order valence-corrected chi connectivity index (χ2v) is 6.17. The van der Waals surface area contributed by atoms with Gasteiger partial charge in [0.05, 0.1) is 6.61 Å². The van der Waals surface area contributed by atoms with E-state index in [1.54, 1.807) is 24.3 Å². The maximum Gasteiger partial charge on any atom is 0.261 e. The van der Waals surface area contributed by atoms with Crippen LogP contribution in [0.2, 0.25) is 0 Å². The molecule has 128 valence electrons. The fraction of sp³-hybridized carbons (Fsp3) is 0.350. The Bertz CT molecular complexity index is 586. The first-order valence-corrected chi connectivity index (χ1v) is 8.24. The Kier molecular flexibility index (Phi) is 6.53. The van der Waals surface area contributed by atoms with Gasteiger partial charge in [-0.25, -0.2) is 0 Å². The minimum absolute atomic E-state index is 0.355. The van der Waals surface area contributed by atoms with Gasteiger partial charge < -0.3 is 15.2 Å². The largest absolute Gasteiger partial charge is 0.379 e. The third kappa shape index (κ3) is 4.43. The number of amides is 1. The Morgan fingerprint density at radius 1 is 1.04 bits per heavy atom. The van der Waals surface area contributed by atoms with Crippen molar-refractivity contribution in [3.63, 3.8) is 0 Å². The van der Waals surface area contributed by atoms with Crippen molar-refractivity contribution in [2.45, 2.75) is 19.4 Å². The summed E-state index contributed by atoms with van der Waals surface area (Å²) in [5, 5.41) is 14.0. The molecule has 2 rings (SSSR count). The molecule has 0 spiro atoms. The summed E-state index contributed by atoms with van der Waals surface area (Å²) in [5.41, 5.74) is -0.644. The van der Waals surface area contributed by atoms with Gasteiger partial charge in [0, 0.05) is 13.2 Å². The number of hydrogen-bond acceptors (Lipinski definition) is 3. The van der Waals surface area contributed by atoms with E-state index in [0.717, 1.165) is 0 Å². The van der Waals surface area contributed by atoms with Crippen LogP contribution in [-0.4, -0.2) is 30.8 Å². The topological polar surface area (TPSA) is 58.6 Å². The van der Waals surface area contributed by atoms with Gasteiger partial charge in [0.1, 0.15) is 0 Å². The van der Waals surface area contributed by atoms with Crippen molar-refractivity contribution >= 4 is 5.91 Å². The van der Waals surface area contributed by atoms with Crippen molar-refractivity contribution in [1.29, 1.82) is 0 Å². The summed E-state index contributed by atoms with van der Waals surface area (Å²) in [6.45, 7) is 5.57. The summed E-state index contributed by atoms with van der Waals surface area (Å²) < 4.78 is 5.47. The molecule has 0 bridgehead atoms. The first-order valence-electron chi connectivity index (χ1n) is 8.24. The van der Waals surface area contributed by atoms with Crippen molar-refractivity contribution in [2.24, 2.45) is 5.92 Å². The van der Waals surface area contributed by atoms with E-state index < -0.39 is 11.5 Å². The molecular weight excluding hydrogens is 302 g/mol. The molecule has 4 nitrogen and oxygen atoms in total. The molecule has 0 atom stereocenters. The van der Waals surface area contributed by atoms with Crippen molar-refractivity contribution in [3.8, 4) is 0 Å². The van der Waals surface area contributed by atoms with Crippen molar-refractivity contribution in [2.75, 3.05) is 19.8 Å². The molecule has 0 saturated carbocycles. The highest BCUT2D eigenvalue weighted by Crippen LogP contribution is 2.29. The van der Waals surface area contributed by atoms with Crippen LogP contribution in [0.3, 0.4) is 0 Å². The molecule has 0 heterocycles. The molecule has 2 aromatic rings. The number of benzene rings is 2.